The summed E-state index contributed by atoms with van der Waals surface area (Å²) in [7, 11) is 3.14. The number of likely N-dealkylation sites (tertiary alicyclic amines) is 1. The molecule has 0 bridgehead atoms. The van der Waals surface area contributed by atoms with E-state index < -0.39 is 0 Å². The number of carbonyl (C=O) groups is 1. The van der Waals surface area contributed by atoms with Crippen molar-refractivity contribution < 1.29 is 18.7 Å². The van der Waals surface area contributed by atoms with Crippen LogP contribution in [0.1, 0.15) is 41.0 Å². The van der Waals surface area contributed by atoms with E-state index in [1.54, 1.807) is 19.2 Å². The highest BCUT2D eigenvalue weighted by Crippen LogP contribution is 2.47. The molecule has 8 nitrogen and oxygen atoms in total. The molecule has 1 aliphatic heterocycles. The Hall–Kier alpha value is -2.35. The van der Waals surface area contributed by atoms with Crippen molar-refractivity contribution in [1.29, 1.82) is 0 Å². The molecule has 2 aromatic heterocycles. The quantitative estimate of drug-likeness (QED) is 0.857. The maximum absolute atomic E-state index is 12.8. The first-order valence-corrected chi connectivity index (χ1v) is 8.52. The minimum atomic E-state index is -0.107. The molecule has 1 N–H and O–H groups in total. The van der Waals surface area contributed by atoms with Gasteiger partial charge < -0.3 is 18.8 Å². The zero-order valence-electron chi connectivity index (χ0n) is 14.4. The van der Waals surface area contributed by atoms with Gasteiger partial charge in [-0.2, -0.15) is 5.10 Å². The van der Waals surface area contributed by atoms with Crippen LogP contribution in [0.15, 0.2) is 16.5 Å². The molecule has 1 saturated carbocycles. The van der Waals surface area contributed by atoms with Gasteiger partial charge in [-0.25, -0.2) is 4.98 Å². The summed E-state index contributed by atoms with van der Waals surface area (Å²) in [5, 5.41) is 7.29. The second kappa shape index (κ2) is 6.51. The highest BCUT2D eigenvalue weighted by atomic mass is 16.6. The molecule has 0 radical (unpaired) electrons. The van der Waals surface area contributed by atoms with Crippen LogP contribution in [0, 0.1) is 11.8 Å². The molecule has 0 aromatic carbocycles. The van der Waals surface area contributed by atoms with E-state index in [0.717, 1.165) is 5.82 Å². The SMILES string of the molecule is COCc1nc([C@H]2CN(C(=O)c3ccc(OC)o3)C[C@@H]2C2CC2)n[nH]1. The van der Waals surface area contributed by atoms with Gasteiger partial charge in [0.05, 0.1) is 7.11 Å². The normalized spacial score (nSPS) is 23.2. The molecule has 0 unspecified atom stereocenters. The Bertz CT molecular complexity index is 751. The van der Waals surface area contributed by atoms with E-state index in [1.165, 1.54) is 20.0 Å². The molecular formula is C17H22N4O4. The fourth-order valence-electron chi connectivity index (χ4n) is 3.65. The van der Waals surface area contributed by atoms with E-state index in [2.05, 4.69) is 15.2 Å². The number of rotatable bonds is 6. The Balaban J connectivity index is 1.52. The molecule has 8 heteroatoms. The number of furan rings is 1. The van der Waals surface area contributed by atoms with Crippen LogP contribution in [0.2, 0.25) is 0 Å². The summed E-state index contributed by atoms with van der Waals surface area (Å²) in [6.45, 7) is 1.72. The van der Waals surface area contributed by atoms with Crippen LogP contribution in [-0.2, 0) is 11.3 Å². The monoisotopic (exact) mass is 346 g/mol. The van der Waals surface area contributed by atoms with Gasteiger partial charge in [0.2, 0.25) is 0 Å². The third-order valence-electron chi connectivity index (χ3n) is 5.03. The maximum Gasteiger partial charge on any atom is 0.289 e. The standard InChI is InChI=1S/C17H22N4O4/c1-23-9-14-18-16(20-19-14)12-8-21(7-11(12)10-3-4-10)17(22)13-5-6-15(24-2)25-13/h5-6,10-12H,3-4,7-9H2,1-2H3,(H,18,19,20)/t11-,12+/m1/s1. The van der Waals surface area contributed by atoms with Crippen molar-refractivity contribution in [2.24, 2.45) is 11.8 Å². The molecule has 134 valence electrons. The van der Waals surface area contributed by atoms with Gasteiger partial charge in [-0.15, -0.1) is 0 Å². The second-order valence-corrected chi connectivity index (χ2v) is 6.71. The molecule has 4 rings (SSSR count). The maximum atomic E-state index is 12.8. The zero-order chi connectivity index (χ0) is 17.4. The van der Waals surface area contributed by atoms with E-state index >= 15 is 0 Å². The van der Waals surface area contributed by atoms with Crippen molar-refractivity contribution in [3.8, 4) is 5.95 Å². The molecule has 1 aliphatic carbocycles. The number of H-pyrrole nitrogens is 1. The summed E-state index contributed by atoms with van der Waals surface area (Å²) in [6.07, 6.45) is 2.43. The van der Waals surface area contributed by atoms with Gasteiger partial charge in [-0.1, -0.05) is 0 Å². The van der Waals surface area contributed by atoms with Crippen molar-refractivity contribution in [3.63, 3.8) is 0 Å². The summed E-state index contributed by atoms with van der Waals surface area (Å²) in [6, 6.07) is 3.32. The first-order chi connectivity index (χ1) is 12.2. The van der Waals surface area contributed by atoms with Crippen molar-refractivity contribution >= 4 is 5.91 Å². The number of ether oxygens (including phenoxy) is 2. The predicted octanol–water partition coefficient (Wildman–Crippen LogP) is 1.82. The van der Waals surface area contributed by atoms with Crippen molar-refractivity contribution in [3.05, 3.63) is 29.5 Å². The lowest BCUT2D eigenvalue weighted by Crippen LogP contribution is -2.28. The lowest BCUT2D eigenvalue weighted by molar-refractivity contribution is 0.0746. The Morgan fingerprint density at radius 2 is 2.20 bits per heavy atom. The first-order valence-electron chi connectivity index (χ1n) is 8.52. The number of nitrogens with one attached hydrogen (secondary N) is 1. The van der Waals surface area contributed by atoms with E-state index in [-0.39, 0.29) is 11.8 Å². The molecule has 3 heterocycles. The molecule has 25 heavy (non-hydrogen) atoms. The summed E-state index contributed by atoms with van der Waals surface area (Å²) < 4.78 is 15.5. The molecule has 1 saturated heterocycles. The van der Waals surface area contributed by atoms with Gasteiger partial charge >= 0.3 is 0 Å². The summed E-state index contributed by atoms with van der Waals surface area (Å²) >= 11 is 0. The van der Waals surface area contributed by atoms with Crippen LogP contribution in [0.25, 0.3) is 0 Å². The Labute approximate surface area is 145 Å². The lowest BCUT2D eigenvalue weighted by atomic mass is 9.91. The molecule has 2 aromatic rings. The Kier molecular flexibility index (Phi) is 4.20. The highest BCUT2D eigenvalue weighted by Gasteiger charge is 2.46. The largest absolute Gasteiger partial charge is 0.468 e. The third-order valence-corrected chi connectivity index (χ3v) is 5.03. The van der Waals surface area contributed by atoms with Crippen LogP contribution >= 0.6 is 0 Å². The molecule has 1 amide bonds. The second-order valence-electron chi connectivity index (χ2n) is 6.71. The number of methoxy groups -OCH3 is 2. The number of hydrogen-bond acceptors (Lipinski definition) is 6. The Morgan fingerprint density at radius 3 is 2.88 bits per heavy atom. The fraction of sp³-hybridized carbons (Fsp3) is 0.588. The topological polar surface area (TPSA) is 93.5 Å². The number of amides is 1. The summed E-state index contributed by atoms with van der Waals surface area (Å²) in [4.78, 5) is 19.2. The third kappa shape index (κ3) is 3.13. The average Bonchev–Trinajstić information content (AvgIpc) is 3.06. The van der Waals surface area contributed by atoms with Crippen LogP contribution in [0.5, 0.6) is 5.95 Å². The van der Waals surface area contributed by atoms with Gasteiger partial charge in [0.25, 0.3) is 11.9 Å². The summed E-state index contributed by atoms with van der Waals surface area (Å²) in [5.41, 5.74) is 0. The van der Waals surface area contributed by atoms with E-state index in [0.29, 0.717) is 49.1 Å². The van der Waals surface area contributed by atoms with Crippen molar-refractivity contribution in [2.75, 3.05) is 27.3 Å². The fourth-order valence-corrected chi connectivity index (χ4v) is 3.65. The van der Waals surface area contributed by atoms with Crippen LogP contribution in [-0.4, -0.2) is 53.3 Å². The van der Waals surface area contributed by atoms with Crippen LogP contribution in [0.3, 0.4) is 0 Å². The van der Waals surface area contributed by atoms with Gasteiger partial charge in [0.15, 0.2) is 17.4 Å². The summed E-state index contributed by atoms with van der Waals surface area (Å²) in [5.74, 6) is 3.23. The van der Waals surface area contributed by atoms with E-state index in [1.807, 2.05) is 4.90 Å². The van der Waals surface area contributed by atoms with Crippen molar-refractivity contribution in [1.82, 2.24) is 20.1 Å². The highest BCUT2D eigenvalue weighted by molar-refractivity contribution is 5.92. The number of aromatic amines is 1. The number of nitrogens with zero attached hydrogens (tertiary/aromatic N) is 3. The molecule has 2 fully saturated rings. The lowest BCUT2D eigenvalue weighted by Gasteiger charge is -2.14. The van der Waals surface area contributed by atoms with Crippen LogP contribution < -0.4 is 4.74 Å². The minimum absolute atomic E-state index is 0.107. The Morgan fingerprint density at radius 1 is 1.36 bits per heavy atom. The molecule has 2 atom stereocenters. The zero-order valence-corrected chi connectivity index (χ0v) is 14.4. The number of hydrogen-bond donors (Lipinski definition) is 1. The van der Waals surface area contributed by atoms with E-state index in [4.69, 9.17) is 13.9 Å². The van der Waals surface area contributed by atoms with Gasteiger partial charge in [-0.3, -0.25) is 9.89 Å². The van der Waals surface area contributed by atoms with E-state index in [9.17, 15) is 4.79 Å². The van der Waals surface area contributed by atoms with Gasteiger partial charge in [0, 0.05) is 32.2 Å². The van der Waals surface area contributed by atoms with Gasteiger partial charge in [-0.05, 0) is 30.7 Å². The van der Waals surface area contributed by atoms with Crippen LogP contribution in [0.4, 0.5) is 0 Å². The molecule has 2 aliphatic rings. The molecular weight excluding hydrogens is 324 g/mol. The smallest absolute Gasteiger partial charge is 0.289 e. The molecule has 0 spiro atoms. The number of carbonyl (C=O) groups excluding carboxylic acids is 1. The average molecular weight is 346 g/mol. The predicted molar refractivity (Wildman–Crippen MR) is 87.2 cm³/mol. The number of aromatic nitrogens is 3. The first kappa shape index (κ1) is 16.1. The van der Waals surface area contributed by atoms with Gasteiger partial charge in [0.1, 0.15) is 6.61 Å². The van der Waals surface area contributed by atoms with Crippen molar-refractivity contribution in [2.45, 2.75) is 25.4 Å². The minimum Gasteiger partial charge on any atom is -0.468 e.